The molecule has 0 aromatic carbocycles. The van der Waals surface area contributed by atoms with Gasteiger partial charge in [-0.2, -0.15) is 0 Å². The number of rotatable bonds is 1. The Balaban J connectivity index is 2.49. The maximum atomic E-state index is 2.47. The monoisotopic (exact) mass is 196 g/mol. The minimum atomic E-state index is 0.887. The van der Waals surface area contributed by atoms with Crippen LogP contribution in [0.25, 0.3) is 0 Å². The van der Waals surface area contributed by atoms with Gasteiger partial charge in [-0.05, 0) is 30.1 Å². The Kier molecular flexibility index (Phi) is 4.98. The van der Waals surface area contributed by atoms with Crippen LogP contribution in [0.3, 0.4) is 0 Å². The average molecular weight is 196 g/mol. The summed E-state index contributed by atoms with van der Waals surface area (Å²) in [5, 5.41) is 0. The van der Waals surface area contributed by atoms with Gasteiger partial charge in [0.1, 0.15) is 0 Å². The average Bonchev–Trinajstić information content (AvgIpc) is 2.17. The van der Waals surface area contributed by atoms with Gasteiger partial charge in [0, 0.05) is 0 Å². The van der Waals surface area contributed by atoms with Crippen molar-refractivity contribution < 1.29 is 0 Å². The summed E-state index contributed by atoms with van der Waals surface area (Å²) in [6, 6.07) is 0. The second-order valence-electron chi connectivity index (χ2n) is 5.85. The minimum Gasteiger partial charge on any atom is -0.0625 e. The third-order valence-corrected chi connectivity index (χ3v) is 4.18. The van der Waals surface area contributed by atoms with Crippen LogP contribution in [-0.2, 0) is 0 Å². The summed E-state index contributed by atoms with van der Waals surface area (Å²) in [7, 11) is 0. The molecule has 0 N–H and O–H groups in total. The fourth-order valence-corrected chi connectivity index (χ4v) is 3.12. The molecule has 0 saturated heterocycles. The summed E-state index contributed by atoms with van der Waals surface area (Å²) in [5.74, 6) is 3.81. The van der Waals surface area contributed by atoms with Crippen LogP contribution in [0.15, 0.2) is 0 Å². The predicted octanol–water partition coefficient (Wildman–Crippen LogP) is 4.89. The predicted molar refractivity (Wildman–Crippen MR) is 64.4 cm³/mol. The zero-order chi connectivity index (χ0) is 10.6. The number of hydrogen-bond donors (Lipinski definition) is 0. The molecule has 0 heterocycles. The lowest BCUT2D eigenvalue weighted by Gasteiger charge is -2.26. The standard InChI is InChI=1S/C14H28/c1-11(2)14-10-6-8-12(3)7-5-9-13(14)4/h11-14H,5-10H2,1-4H3. The van der Waals surface area contributed by atoms with Crippen LogP contribution in [0.1, 0.15) is 66.2 Å². The van der Waals surface area contributed by atoms with Crippen LogP contribution in [-0.4, -0.2) is 0 Å². The van der Waals surface area contributed by atoms with Crippen molar-refractivity contribution in [2.75, 3.05) is 0 Å². The summed E-state index contributed by atoms with van der Waals surface area (Å²) in [6.07, 6.45) is 8.81. The van der Waals surface area contributed by atoms with Crippen molar-refractivity contribution in [1.82, 2.24) is 0 Å². The summed E-state index contributed by atoms with van der Waals surface area (Å²) < 4.78 is 0. The molecule has 0 spiro atoms. The molecule has 0 aliphatic heterocycles. The van der Waals surface area contributed by atoms with E-state index in [2.05, 4.69) is 27.7 Å². The zero-order valence-electron chi connectivity index (χ0n) is 10.6. The van der Waals surface area contributed by atoms with E-state index >= 15 is 0 Å². The SMILES string of the molecule is CC1CCCC(C)C(C(C)C)CCC1. The molecular formula is C14H28. The van der Waals surface area contributed by atoms with Crippen LogP contribution in [0.2, 0.25) is 0 Å². The first kappa shape index (κ1) is 12.1. The van der Waals surface area contributed by atoms with Crippen LogP contribution in [0.5, 0.6) is 0 Å². The van der Waals surface area contributed by atoms with E-state index in [1.165, 1.54) is 38.5 Å². The van der Waals surface area contributed by atoms with E-state index in [-0.39, 0.29) is 0 Å². The van der Waals surface area contributed by atoms with Gasteiger partial charge >= 0.3 is 0 Å². The molecule has 1 fully saturated rings. The lowest BCUT2D eigenvalue weighted by Crippen LogP contribution is -2.17. The first-order chi connectivity index (χ1) is 6.61. The molecule has 0 aromatic heterocycles. The zero-order valence-corrected chi connectivity index (χ0v) is 10.6. The molecule has 1 saturated carbocycles. The van der Waals surface area contributed by atoms with Gasteiger partial charge in [0.2, 0.25) is 0 Å². The third kappa shape index (κ3) is 3.63. The van der Waals surface area contributed by atoms with E-state index in [1.54, 1.807) is 0 Å². The van der Waals surface area contributed by atoms with E-state index in [4.69, 9.17) is 0 Å². The van der Waals surface area contributed by atoms with Gasteiger partial charge in [-0.1, -0.05) is 59.8 Å². The van der Waals surface area contributed by atoms with E-state index in [0.717, 1.165) is 23.7 Å². The highest BCUT2D eigenvalue weighted by molar-refractivity contribution is 4.73. The minimum absolute atomic E-state index is 0.887. The van der Waals surface area contributed by atoms with E-state index in [0.29, 0.717) is 0 Å². The van der Waals surface area contributed by atoms with Gasteiger partial charge in [-0.3, -0.25) is 0 Å². The van der Waals surface area contributed by atoms with E-state index < -0.39 is 0 Å². The fraction of sp³-hybridized carbons (Fsp3) is 1.00. The van der Waals surface area contributed by atoms with Crippen LogP contribution in [0.4, 0.5) is 0 Å². The second kappa shape index (κ2) is 5.78. The normalized spacial score (nSPS) is 36.2. The first-order valence-corrected chi connectivity index (χ1v) is 6.61. The molecule has 0 radical (unpaired) electrons. The highest BCUT2D eigenvalue weighted by atomic mass is 14.3. The summed E-state index contributed by atoms with van der Waals surface area (Å²) in [4.78, 5) is 0. The quantitative estimate of drug-likeness (QED) is 0.560. The maximum Gasteiger partial charge on any atom is -0.0365 e. The Labute approximate surface area is 90.5 Å². The van der Waals surface area contributed by atoms with E-state index in [1.807, 2.05) is 0 Å². The van der Waals surface area contributed by atoms with Crippen molar-refractivity contribution in [2.24, 2.45) is 23.7 Å². The molecule has 1 aliphatic rings. The lowest BCUT2D eigenvalue weighted by atomic mass is 9.79. The van der Waals surface area contributed by atoms with Crippen molar-refractivity contribution >= 4 is 0 Å². The van der Waals surface area contributed by atoms with Crippen molar-refractivity contribution in [3.8, 4) is 0 Å². The van der Waals surface area contributed by atoms with Crippen molar-refractivity contribution in [2.45, 2.75) is 66.2 Å². The fourth-order valence-electron chi connectivity index (χ4n) is 3.12. The molecule has 0 heteroatoms. The molecule has 1 aliphatic carbocycles. The molecule has 0 nitrogen and oxygen atoms in total. The Morgan fingerprint density at radius 2 is 1.43 bits per heavy atom. The summed E-state index contributed by atoms with van der Waals surface area (Å²) in [5.41, 5.74) is 0. The Morgan fingerprint density at radius 3 is 2.00 bits per heavy atom. The van der Waals surface area contributed by atoms with Crippen LogP contribution in [0, 0.1) is 23.7 Å². The maximum absolute atomic E-state index is 2.47. The molecule has 3 unspecified atom stereocenters. The van der Waals surface area contributed by atoms with Crippen LogP contribution < -0.4 is 0 Å². The number of hydrogen-bond acceptors (Lipinski definition) is 0. The largest absolute Gasteiger partial charge is 0.0625 e. The van der Waals surface area contributed by atoms with Crippen LogP contribution >= 0.6 is 0 Å². The van der Waals surface area contributed by atoms with Gasteiger partial charge in [0.25, 0.3) is 0 Å². The summed E-state index contributed by atoms with van der Waals surface area (Å²) >= 11 is 0. The Bertz CT molecular complexity index is 148. The van der Waals surface area contributed by atoms with E-state index in [9.17, 15) is 0 Å². The second-order valence-corrected chi connectivity index (χ2v) is 5.85. The van der Waals surface area contributed by atoms with Crippen molar-refractivity contribution in [3.05, 3.63) is 0 Å². The smallest absolute Gasteiger partial charge is 0.0365 e. The summed E-state index contributed by atoms with van der Waals surface area (Å²) in [6.45, 7) is 9.71. The van der Waals surface area contributed by atoms with Gasteiger partial charge in [0.15, 0.2) is 0 Å². The lowest BCUT2D eigenvalue weighted by molar-refractivity contribution is 0.238. The molecule has 0 aromatic rings. The Hall–Kier alpha value is 0. The highest BCUT2D eigenvalue weighted by Gasteiger charge is 2.22. The van der Waals surface area contributed by atoms with Gasteiger partial charge in [-0.25, -0.2) is 0 Å². The highest BCUT2D eigenvalue weighted by Crippen LogP contribution is 2.33. The van der Waals surface area contributed by atoms with Gasteiger partial charge in [-0.15, -0.1) is 0 Å². The third-order valence-electron chi connectivity index (χ3n) is 4.18. The van der Waals surface area contributed by atoms with Crippen molar-refractivity contribution in [1.29, 1.82) is 0 Å². The first-order valence-electron chi connectivity index (χ1n) is 6.61. The molecule has 14 heavy (non-hydrogen) atoms. The molecule has 0 bridgehead atoms. The van der Waals surface area contributed by atoms with Gasteiger partial charge < -0.3 is 0 Å². The topological polar surface area (TPSA) is 0 Å². The molecule has 3 atom stereocenters. The van der Waals surface area contributed by atoms with Crippen molar-refractivity contribution in [3.63, 3.8) is 0 Å². The molecule has 0 amide bonds. The molecule has 84 valence electrons. The molecular weight excluding hydrogens is 168 g/mol. The molecule has 1 rings (SSSR count). The Morgan fingerprint density at radius 1 is 0.857 bits per heavy atom. The van der Waals surface area contributed by atoms with Gasteiger partial charge in [0.05, 0.1) is 0 Å².